The maximum absolute atomic E-state index is 12.5. The van der Waals surface area contributed by atoms with Gasteiger partial charge >= 0.3 is 16.4 Å². The zero-order valence-electron chi connectivity index (χ0n) is 16.0. The number of nitrogens with one attached hydrogen (secondary N) is 3. The first-order chi connectivity index (χ1) is 13.5. The first-order valence-corrected chi connectivity index (χ1v) is 10.8. The third kappa shape index (κ3) is 5.03. The van der Waals surface area contributed by atoms with Gasteiger partial charge in [0.15, 0.2) is 0 Å². The third-order valence-electron chi connectivity index (χ3n) is 5.59. The third-order valence-corrected chi connectivity index (χ3v) is 5.94. The number of hydroxylamine groups is 2. The lowest BCUT2D eigenvalue weighted by molar-refractivity contribution is -0.124. The van der Waals surface area contributed by atoms with Crippen LogP contribution in [0.3, 0.4) is 0 Å². The van der Waals surface area contributed by atoms with E-state index in [0.717, 1.165) is 0 Å². The number of carbonyl (C=O) groups excluding carboxylic acids is 3. The van der Waals surface area contributed by atoms with Crippen LogP contribution < -0.4 is 10.6 Å². The smallest absolute Gasteiger partial charge is 0.354 e. The molecule has 0 radical (unpaired) electrons. The number of rotatable bonds is 5. The van der Waals surface area contributed by atoms with Crippen LogP contribution in [0.4, 0.5) is 4.79 Å². The van der Waals surface area contributed by atoms with Crippen LogP contribution in [-0.2, 0) is 24.3 Å². The zero-order chi connectivity index (χ0) is 21.3. The summed E-state index contributed by atoms with van der Waals surface area (Å²) in [7, 11) is -4.83. The molecule has 3 aliphatic rings. The molecule has 162 valence electrons. The van der Waals surface area contributed by atoms with Gasteiger partial charge in [0.2, 0.25) is 11.8 Å². The summed E-state index contributed by atoms with van der Waals surface area (Å²) in [6, 6.07) is -1.96. The van der Waals surface area contributed by atoms with Gasteiger partial charge in [-0.15, -0.1) is 4.28 Å². The molecule has 4 N–H and O–H groups in total. The number of hydrogen-bond acceptors (Lipinski definition) is 7. The Balaban J connectivity index is 1.54. The summed E-state index contributed by atoms with van der Waals surface area (Å²) >= 11 is 0. The Kier molecular flexibility index (Phi) is 6.10. The standard InChI is InChI=1S/C16H25N5O7S/c1-9(22)18-11-4-2-10(3-5-11)15(23)19-14(17)13-7-6-12-8-20(13)16(24)21(12)28-29(25,26)27/h10-13H,2-8H2,1H3,(H,18,22)(H2,17,19,23)(H,25,26,27). The zero-order valence-corrected chi connectivity index (χ0v) is 16.8. The average Bonchev–Trinajstić information content (AvgIpc) is 2.85. The van der Waals surface area contributed by atoms with Gasteiger partial charge in [0.05, 0.1) is 12.1 Å². The fourth-order valence-corrected chi connectivity index (χ4v) is 4.63. The van der Waals surface area contributed by atoms with Crippen molar-refractivity contribution in [3.8, 4) is 0 Å². The number of hydrogen-bond donors (Lipinski definition) is 4. The largest absolute Gasteiger partial charge is 0.418 e. The van der Waals surface area contributed by atoms with Gasteiger partial charge in [0.25, 0.3) is 0 Å². The number of nitrogens with zero attached hydrogens (tertiary/aromatic N) is 2. The molecule has 13 heteroatoms. The molecular formula is C16H25N5O7S. The second-order valence-corrected chi connectivity index (χ2v) is 8.67. The minimum Gasteiger partial charge on any atom is -0.354 e. The van der Waals surface area contributed by atoms with Crippen LogP contribution in [0.15, 0.2) is 0 Å². The van der Waals surface area contributed by atoms with Crippen molar-refractivity contribution in [1.82, 2.24) is 20.6 Å². The molecule has 0 aromatic carbocycles. The molecule has 3 rings (SSSR count). The van der Waals surface area contributed by atoms with Crippen LogP contribution in [0.25, 0.3) is 0 Å². The van der Waals surface area contributed by atoms with E-state index in [4.69, 9.17) is 9.96 Å². The normalized spacial score (nSPS) is 29.5. The molecule has 2 bridgehead atoms. The molecule has 0 spiro atoms. The maximum Gasteiger partial charge on any atom is 0.418 e. The van der Waals surface area contributed by atoms with Gasteiger partial charge in [0, 0.05) is 25.4 Å². The van der Waals surface area contributed by atoms with E-state index in [1.54, 1.807) is 0 Å². The Morgan fingerprint density at radius 1 is 1.17 bits per heavy atom. The van der Waals surface area contributed by atoms with Crippen molar-refractivity contribution in [2.45, 2.75) is 63.6 Å². The molecule has 2 atom stereocenters. The van der Waals surface area contributed by atoms with Gasteiger partial charge < -0.3 is 15.5 Å². The fourth-order valence-electron chi connectivity index (χ4n) is 4.24. The van der Waals surface area contributed by atoms with Crippen LogP contribution in [0.2, 0.25) is 0 Å². The van der Waals surface area contributed by atoms with Gasteiger partial charge in [-0.05, 0) is 38.5 Å². The van der Waals surface area contributed by atoms with Gasteiger partial charge in [-0.3, -0.25) is 19.6 Å². The fraction of sp³-hybridized carbons (Fsp3) is 0.750. The lowest BCUT2D eigenvalue weighted by Crippen LogP contribution is -2.52. The molecule has 1 saturated carbocycles. The quantitative estimate of drug-likeness (QED) is 0.265. The highest BCUT2D eigenvalue weighted by atomic mass is 32.3. The van der Waals surface area contributed by atoms with Crippen molar-refractivity contribution in [2.75, 3.05) is 6.54 Å². The summed E-state index contributed by atoms with van der Waals surface area (Å²) < 4.78 is 35.1. The molecule has 0 aromatic rings. The highest BCUT2D eigenvalue weighted by Gasteiger charge is 2.48. The predicted octanol–water partition coefficient (Wildman–Crippen LogP) is -0.222. The van der Waals surface area contributed by atoms with Gasteiger partial charge in [-0.25, -0.2) is 4.79 Å². The van der Waals surface area contributed by atoms with Crippen LogP contribution in [-0.4, -0.2) is 71.3 Å². The van der Waals surface area contributed by atoms with Crippen molar-refractivity contribution in [3.05, 3.63) is 0 Å². The van der Waals surface area contributed by atoms with Crippen LogP contribution in [0.1, 0.15) is 45.4 Å². The molecule has 12 nitrogen and oxygen atoms in total. The van der Waals surface area contributed by atoms with Crippen molar-refractivity contribution in [2.24, 2.45) is 5.92 Å². The van der Waals surface area contributed by atoms with Gasteiger partial charge in [-0.1, -0.05) is 0 Å². The Morgan fingerprint density at radius 2 is 1.83 bits per heavy atom. The second-order valence-electron chi connectivity index (χ2n) is 7.66. The summed E-state index contributed by atoms with van der Waals surface area (Å²) in [4.78, 5) is 37.3. The van der Waals surface area contributed by atoms with E-state index in [2.05, 4.69) is 14.9 Å². The van der Waals surface area contributed by atoms with E-state index in [9.17, 15) is 22.8 Å². The Morgan fingerprint density at radius 3 is 2.41 bits per heavy atom. The first kappa shape index (κ1) is 21.5. The van der Waals surface area contributed by atoms with Crippen molar-refractivity contribution in [3.63, 3.8) is 0 Å². The number of carbonyl (C=O) groups is 3. The Labute approximate surface area is 168 Å². The van der Waals surface area contributed by atoms with Crippen molar-refractivity contribution in [1.29, 1.82) is 5.41 Å². The maximum atomic E-state index is 12.5. The van der Waals surface area contributed by atoms with Crippen LogP contribution in [0, 0.1) is 11.3 Å². The molecule has 3 fully saturated rings. The lowest BCUT2D eigenvalue weighted by atomic mass is 9.85. The average molecular weight is 431 g/mol. The molecule has 4 amide bonds. The topological polar surface area (TPSA) is 169 Å². The van der Waals surface area contributed by atoms with Gasteiger partial charge in [-0.2, -0.15) is 13.5 Å². The van der Waals surface area contributed by atoms with E-state index in [1.165, 1.54) is 11.8 Å². The van der Waals surface area contributed by atoms with Crippen molar-refractivity contribution < 1.29 is 31.6 Å². The molecular weight excluding hydrogens is 406 g/mol. The number of amides is 4. The summed E-state index contributed by atoms with van der Waals surface area (Å²) in [6.45, 7) is 1.59. The number of fused-ring (bicyclic) bond motifs is 2. The molecule has 2 unspecified atom stereocenters. The minimum atomic E-state index is -4.83. The van der Waals surface area contributed by atoms with E-state index in [-0.39, 0.29) is 36.2 Å². The molecule has 1 aliphatic carbocycles. The molecule has 2 heterocycles. The van der Waals surface area contributed by atoms with E-state index in [0.29, 0.717) is 43.6 Å². The second kappa shape index (κ2) is 8.24. The molecule has 0 aromatic heterocycles. The highest BCUT2D eigenvalue weighted by molar-refractivity contribution is 7.80. The van der Waals surface area contributed by atoms with Crippen LogP contribution >= 0.6 is 0 Å². The van der Waals surface area contributed by atoms with Gasteiger partial charge in [0.1, 0.15) is 5.84 Å². The Bertz CT molecular complexity index is 808. The van der Waals surface area contributed by atoms with E-state index in [1.807, 2.05) is 0 Å². The molecule has 29 heavy (non-hydrogen) atoms. The monoisotopic (exact) mass is 431 g/mol. The summed E-state index contributed by atoms with van der Waals surface area (Å²) in [5, 5.41) is 14.3. The summed E-state index contributed by atoms with van der Waals surface area (Å²) in [5.74, 6) is -0.793. The van der Waals surface area contributed by atoms with E-state index >= 15 is 0 Å². The SMILES string of the molecule is CC(=O)NC1CCC(C(=O)NC(=N)C2CCC3CN2C(=O)N3OS(=O)(=O)O)CC1. The summed E-state index contributed by atoms with van der Waals surface area (Å²) in [5.41, 5.74) is 0. The molecule has 2 aliphatic heterocycles. The van der Waals surface area contributed by atoms with E-state index < -0.39 is 28.5 Å². The summed E-state index contributed by atoms with van der Waals surface area (Å²) in [6.07, 6.45) is 3.27. The lowest BCUT2D eigenvalue weighted by Gasteiger charge is -2.32. The Hall–Kier alpha value is -2.25. The number of piperidine rings is 1. The number of urea groups is 1. The predicted molar refractivity (Wildman–Crippen MR) is 98.8 cm³/mol. The van der Waals surface area contributed by atoms with Crippen LogP contribution in [0.5, 0.6) is 0 Å². The highest BCUT2D eigenvalue weighted by Crippen LogP contribution is 2.31. The van der Waals surface area contributed by atoms with Crippen molar-refractivity contribution >= 4 is 34.1 Å². The first-order valence-electron chi connectivity index (χ1n) is 9.48. The molecule has 2 saturated heterocycles. The minimum absolute atomic E-state index is 0.0577. The number of amidine groups is 1.